The number of thiocarbonyl (C=S) groups is 1. The lowest BCUT2D eigenvalue weighted by atomic mass is 10.0. The second kappa shape index (κ2) is 11.9. The molecule has 4 rings (SSSR count). The lowest BCUT2D eigenvalue weighted by Gasteiger charge is -2.38. The lowest BCUT2D eigenvalue weighted by molar-refractivity contribution is -0.121. The molecule has 0 atom stereocenters. The van der Waals surface area contributed by atoms with Gasteiger partial charge in [-0.15, -0.1) is 6.58 Å². The van der Waals surface area contributed by atoms with Crippen LogP contribution in [0.15, 0.2) is 52.7 Å². The summed E-state index contributed by atoms with van der Waals surface area (Å²) in [6, 6.07) is 12.5. The Kier molecular flexibility index (Phi) is 8.64. The van der Waals surface area contributed by atoms with E-state index in [1.54, 1.807) is 17.6 Å². The van der Waals surface area contributed by atoms with Gasteiger partial charge in [-0.1, -0.05) is 67.3 Å². The molecule has 1 amide bonds. The zero-order valence-electron chi connectivity index (χ0n) is 21.3. The molecule has 37 heavy (non-hydrogen) atoms. The van der Waals surface area contributed by atoms with Crippen molar-refractivity contribution in [3.05, 3.63) is 80.5 Å². The summed E-state index contributed by atoms with van der Waals surface area (Å²) in [5.41, 5.74) is 2.44. The van der Waals surface area contributed by atoms with E-state index < -0.39 is 0 Å². The van der Waals surface area contributed by atoms with Crippen molar-refractivity contribution in [2.45, 2.75) is 33.4 Å². The second-order valence-corrected chi connectivity index (χ2v) is 10.8. The van der Waals surface area contributed by atoms with E-state index in [4.69, 9.17) is 12.2 Å². The predicted molar refractivity (Wildman–Crippen MR) is 154 cm³/mol. The number of anilines is 1. The van der Waals surface area contributed by atoms with E-state index in [1.807, 2.05) is 19.1 Å². The third kappa shape index (κ3) is 5.57. The van der Waals surface area contributed by atoms with Crippen molar-refractivity contribution in [2.24, 2.45) is 0 Å². The van der Waals surface area contributed by atoms with Crippen molar-refractivity contribution in [3.8, 4) is 6.07 Å². The number of aromatic nitrogens is 1. The lowest BCUT2D eigenvalue weighted by Crippen LogP contribution is -2.48. The van der Waals surface area contributed by atoms with Crippen molar-refractivity contribution in [1.82, 2.24) is 14.4 Å². The first-order chi connectivity index (χ1) is 17.9. The molecule has 2 fully saturated rings. The minimum atomic E-state index is -0.278. The fraction of sp³-hybridized carbons (Fsp3) is 0.357. The Morgan fingerprint density at radius 1 is 1.16 bits per heavy atom. The molecular weight excluding hydrogens is 502 g/mol. The van der Waals surface area contributed by atoms with Gasteiger partial charge in [0.25, 0.3) is 11.5 Å². The molecule has 2 aliphatic rings. The molecule has 1 aromatic carbocycles. The van der Waals surface area contributed by atoms with Gasteiger partial charge >= 0.3 is 0 Å². The molecule has 7 nitrogen and oxygen atoms in total. The number of carbonyl (C=O) groups excluding carboxylic acids is 1. The molecule has 0 bridgehead atoms. The van der Waals surface area contributed by atoms with Crippen molar-refractivity contribution in [2.75, 3.05) is 37.6 Å². The fourth-order valence-corrected chi connectivity index (χ4v) is 6.05. The largest absolute Gasteiger partial charge is 0.355 e. The summed E-state index contributed by atoms with van der Waals surface area (Å²) in [6.45, 7) is 12.4. The van der Waals surface area contributed by atoms with Gasteiger partial charge in [0.15, 0.2) is 0 Å². The normalized spacial score (nSPS) is 17.5. The highest BCUT2D eigenvalue weighted by Gasteiger charge is 2.33. The van der Waals surface area contributed by atoms with E-state index in [2.05, 4.69) is 46.7 Å². The quantitative estimate of drug-likeness (QED) is 0.287. The summed E-state index contributed by atoms with van der Waals surface area (Å²) in [5.74, 6) is 0.594. The Morgan fingerprint density at radius 3 is 2.49 bits per heavy atom. The minimum Gasteiger partial charge on any atom is -0.355 e. The molecule has 2 aliphatic heterocycles. The van der Waals surface area contributed by atoms with E-state index >= 15 is 0 Å². The number of rotatable bonds is 8. The molecule has 192 valence electrons. The van der Waals surface area contributed by atoms with Crippen molar-refractivity contribution in [1.29, 1.82) is 5.26 Å². The standard InChI is InChI=1S/C28H31N5O2S2/c1-4-11-32-25(31-15-13-30(14-16-31)19-21-9-7-6-8-10-21)22(20(3)23(18-29)26(32)34)17-24-27(35)33(12-5-2)28(36)37-24/h5-10,17H,2,4,11-16,19H2,1,3H3/b24-17+. The van der Waals surface area contributed by atoms with Gasteiger partial charge in [-0.2, -0.15) is 5.26 Å². The fourth-order valence-electron chi connectivity index (χ4n) is 4.79. The summed E-state index contributed by atoms with van der Waals surface area (Å²) in [7, 11) is 0. The van der Waals surface area contributed by atoms with E-state index in [0.29, 0.717) is 27.9 Å². The van der Waals surface area contributed by atoms with E-state index in [1.165, 1.54) is 22.2 Å². The molecule has 1 aromatic heterocycles. The zero-order chi connectivity index (χ0) is 26.5. The number of benzene rings is 1. The van der Waals surface area contributed by atoms with E-state index in [-0.39, 0.29) is 17.0 Å². The maximum Gasteiger partial charge on any atom is 0.270 e. The zero-order valence-corrected chi connectivity index (χ0v) is 22.9. The molecule has 0 unspecified atom stereocenters. The van der Waals surface area contributed by atoms with Gasteiger partial charge in [0.05, 0.1) is 4.91 Å². The van der Waals surface area contributed by atoms with Gasteiger partial charge in [-0.25, -0.2) is 0 Å². The first kappa shape index (κ1) is 26.9. The van der Waals surface area contributed by atoms with Crippen LogP contribution in [0.25, 0.3) is 6.08 Å². The van der Waals surface area contributed by atoms with Crippen LogP contribution in [0, 0.1) is 18.3 Å². The number of pyridine rings is 1. The van der Waals surface area contributed by atoms with Gasteiger partial charge in [0.2, 0.25) is 0 Å². The molecule has 9 heteroatoms. The van der Waals surface area contributed by atoms with Gasteiger partial charge < -0.3 is 4.90 Å². The number of nitrogens with zero attached hydrogens (tertiary/aromatic N) is 5. The highest BCUT2D eigenvalue weighted by atomic mass is 32.2. The van der Waals surface area contributed by atoms with Gasteiger partial charge in [-0.3, -0.25) is 24.0 Å². The van der Waals surface area contributed by atoms with Crippen molar-refractivity contribution >= 4 is 46.1 Å². The maximum atomic E-state index is 13.4. The molecule has 2 saturated heterocycles. The molecule has 0 N–H and O–H groups in total. The third-order valence-corrected chi connectivity index (χ3v) is 8.05. The predicted octanol–water partition coefficient (Wildman–Crippen LogP) is 4.15. The molecule has 3 heterocycles. The minimum absolute atomic E-state index is 0.118. The summed E-state index contributed by atoms with van der Waals surface area (Å²) in [6.07, 6.45) is 4.21. The van der Waals surface area contributed by atoms with Crippen LogP contribution in [0.3, 0.4) is 0 Å². The SMILES string of the molecule is C=CCN1C(=O)/C(=C\c2c(C)c(C#N)c(=O)n(CCC)c2N2CCN(Cc3ccccc3)CC2)SC1=S. The molecule has 0 aliphatic carbocycles. The molecule has 0 radical (unpaired) electrons. The van der Waals surface area contributed by atoms with Crippen LogP contribution in [0.1, 0.15) is 35.6 Å². The first-order valence-electron chi connectivity index (χ1n) is 12.4. The highest BCUT2D eigenvalue weighted by Crippen LogP contribution is 2.36. The summed E-state index contributed by atoms with van der Waals surface area (Å²) >= 11 is 6.67. The molecular formula is C28H31N5O2S2. The van der Waals surface area contributed by atoms with Crippen LogP contribution in [-0.2, 0) is 17.9 Å². The first-order valence-corrected chi connectivity index (χ1v) is 13.7. The molecule has 0 saturated carbocycles. The molecule has 2 aromatic rings. The van der Waals surface area contributed by atoms with Crippen molar-refractivity contribution < 1.29 is 4.79 Å². The van der Waals surface area contributed by atoms with E-state index in [0.717, 1.165) is 50.5 Å². The maximum absolute atomic E-state index is 13.4. The van der Waals surface area contributed by atoms with Crippen molar-refractivity contribution in [3.63, 3.8) is 0 Å². The Morgan fingerprint density at radius 2 is 1.86 bits per heavy atom. The summed E-state index contributed by atoms with van der Waals surface area (Å²) in [5, 5.41) is 9.84. The van der Waals surface area contributed by atoms with Crippen LogP contribution in [0.4, 0.5) is 5.82 Å². The Bertz CT molecular complexity index is 1340. The number of hydrogen-bond donors (Lipinski definition) is 0. The van der Waals surface area contributed by atoms with E-state index in [9.17, 15) is 14.9 Å². The van der Waals surface area contributed by atoms with Gasteiger partial charge in [0, 0.05) is 51.4 Å². The molecule has 0 spiro atoms. The van der Waals surface area contributed by atoms with Crippen LogP contribution >= 0.6 is 24.0 Å². The highest BCUT2D eigenvalue weighted by molar-refractivity contribution is 8.26. The number of amides is 1. The number of hydrogen-bond acceptors (Lipinski definition) is 7. The average Bonchev–Trinajstić information content (AvgIpc) is 3.16. The monoisotopic (exact) mass is 533 g/mol. The number of piperazine rings is 1. The average molecular weight is 534 g/mol. The Labute approximate surface area is 227 Å². The smallest absolute Gasteiger partial charge is 0.270 e. The number of thioether (sulfide) groups is 1. The third-order valence-electron chi connectivity index (χ3n) is 6.68. The second-order valence-electron chi connectivity index (χ2n) is 9.14. The van der Waals surface area contributed by atoms with Crippen LogP contribution in [0.2, 0.25) is 0 Å². The Hall–Kier alpha value is -3.19. The van der Waals surface area contributed by atoms with Crippen LogP contribution in [-0.4, -0.2) is 57.3 Å². The number of nitriles is 1. The van der Waals surface area contributed by atoms with Crippen LogP contribution in [0.5, 0.6) is 0 Å². The Balaban J connectivity index is 1.74. The van der Waals surface area contributed by atoms with Gasteiger partial charge in [-0.05, 0) is 30.5 Å². The number of carbonyl (C=O) groups is 1. The summed E-state index contributed by atoms with van der Waals surface area (Å²) in [4.78, 5) is 33.1. The van der Waals surface area contributed by atoms with Gasteiger partial charge in [0.1, 0.15) is 21.8 Å². The summed E-state index contributed by atoms with van der Waals surface area (Å²) < 4.78 is 2.20. The topological polar surface area (TPSA) is 72.6 Å². The van der Waals surface area contributed by atoms with Crippen LogP contribution < -0.4 is 10.5 Å².